The van der Waals surface area contributed by atoms with E-state index in [1.807, 2.05) is 0 Å². The fourth-order valence-corrected chi connectivity index (χ4v) is 1.32. The molecule has 108 valence electrons. The molecular formula is C15H11NaO6. The van der Waals surface area contributed by atoms with Crippen LogP contribution in [0.5, 0.6) is 0 Å². The maximum absolute atomic E-state index is 11.5. The van der Waals surface area contributed by atoms with Gasteiger partial charge in [0.05, 0.1) is 11.1 Å². The molecule has 0 aliphatic carbocycles. The third-order valence-electron chi connectivity index (χ3n) is 2.21. The first-order chi connectivity index (χ1) is 10.2. The van der Waals surface area contributed by atoms with E-state index in [2.05, 4.69) is 9.78 Å². The predicted octanol–water partition coefficient (Wildman–Crippen LogP) is -2.01. The fourth-order valence-electron chi connectivity index (χ4n) is 1.32. The Bertz CT molecular complexity index is 534. The molecule has 6 nitrogen and oxygen atoms in total. The second-order valence-electron chi connectivity index (χ2n) is 3.57. The van der Waals surface area contributed by atoms with Gasteiger partial charge in [-0.1, -0.05) is 36.4 Å². The molecule has 2 aromatic carbocycles. The summed E-state index contributed by atoms with van der Waals surface area (Å²) < 4.78 is 0. The van der Waals surface area contributed by atoms with Gasteiger partial charge in [0, 0.05) is 6.47 Å². The molecule has 0 saturated carbocycles. The zero-order chi connectivity index (χ0) is 15.5. The summed E-state index contributed by atoms with van der Waals surface area (Å²) in [5.41, 5.74) is 0.636. The first-order valence-electron chi connectivity index (χ1n) is 5.78. The van der Waals surface area contributed by atoms with Crippen molar-refractivity contribution < 1.29 is 58.8 Å². The summed E-state index contributed by atoms with van der Waals surface area (Å²) in [7, 11) is 0. The number of hydrogen-bond acceptors (Lipinski definition) is 6. The molecule has 7 heteroatoms. The van der Waals surface area contributed by atoms with Gasteiger partial charge < -0.3 is 9.90 Å². The van der Waals surface area contributed by atoms with Crippen LogP contribution in [0, 0.1) is 0 Å². The average Bonchev–Trinajstić information content (AvgIpc) is 2.54. The zero-order valence-electron chi connectivity index (χ0n) is 11.8. The van der Waals surface area contributed by atoms with Crippen molar-refractivity contribution in [2.24, 2.45) is 0 Å². The summed E-state index contributed by atoms with van der Waals surface area (Å²) >= 11 is 0. The van der Waals surface area contributed by atoms with E-state index in [4.69, 9.17) is 9.90 Å². The zero-order valence-corrected chi connectivity index (χ0v) is 13.8. The molecule has 0 fully saturated rings. The van der Waals surface area contributed by atoms with Gasteiger partial charge in [0.15, 0.2) is 0 Å². The van der Waals surface area contributed by atoms with Crippen LogP contribution in [0.4, 0.5) is 0 Å². The van der Waals surface area contributed by atoms with Crippen molar-refractivity contribution in [2.75, 3.05) is 0 Å². The summed E-state index contributed by atoms with van der Waals surface area (Å²) in [5.74, 6) is -1.42. The smallest absolute Gasteiger partial charge is 0.554 e. The number of carbonyl (C=O) groups excluding carboxylic acids is 3. The standard InChI is InChI=1S/C14H10O4.CH2O2.Na/c15-13(11-7-3-1-4-8-11)17-18-14(16)12-9-5-2-6-10-12;2-1-3;/h1-10H;1H,(H,2,3);/q;;+1/p-1. The molecule has 2 aromatic rings. The van der Waals surface area contributed by atoms with E-state index < -0.39 is 18.4 Å². The van der Waals surface area contributed by atoms with Crippen molar-refractivity contribution >= 4 is 18.4 Å². The van der Waals surface area contributed by atoms with Crippen LogP contribution in [-0.2, 0) is 14.6 Å². The van der Waals surface area contributed by atoms with E-state index in [1.165, 1.54) is 0 Å². The van der Waals surface area contributed by atoms with Gasteiger partial charge in [-0.25, -0.2) is 19.4 Å². The largest absolute Gasteiger partial charge is 1.00 e. The summed E-state index contributed by atoms with van der Waals surface area (Å²) in [4.78, 5) is 40.1. The number of carboxylic acid groups (broad SMARTS) is 1. The first-order valence-corrected chi connectivity index (χ1v) is 5.78. The minimum absolute atomic E-state index is 0. The second kappa shape index (κ2) is 11.5. The molecule has 0 N–H and O–H groups in total. The fraction of sp³-hybridized carbons (Fsp3) is 0. The summed E-state index contributed by atoms with van der Waals surface area (Å²) in [5, 5.41) is 8.25. The van der Waals surface area contributed by atoms with Crippen molar-refractivity contribution in [1.82, 2.24) is 0 Å². The van der Waals surface area contributed by atoms with Crippen molar-refractivity contribution in [1.29, 1.82) is 0 Å². The third kappa shape index (κ3) is 7.03. The molecule has 0 aromatic heterocycles. The Morgan fingerprint density at radius 1 is 0.773 bits per heavy atom. The summed E-state index contributed by atoms with van der Waals surface area (Å²) in [6.45, 7) is -0.500. The predicted molar refractivity (Wildman–Crippen MR) is 69.8 cm³/mol. The van der Waals surface area contributed by atoms with Gasteiger partial charge in [0.1, 0.15) is 0 Å². The van der Waals surface area contributed by atoms with Gasteiger partial charge in [-0.05, 0) is 24.3 Å². The topological polar surface area (TPSA) is 92.7 Å². The van der Waals surface area contributed by atoms with Crippen molar-refractivity contribution in [3.63, 3.8) is 0 Å². The Balaban J connectivity index is 0.00000102. The van der Waals surface area contributed by atoms with Crippen LogP contribution in [0.15, 0.2) is 60.7 Å². The molecule has 0 spiro atoms. The van der Waals surface area contributed by atoms with Crippen molar-refractivity contribution in [3.05, 3.63) is 71.8 Å². The average molecular weight is 310 g/mol. The number of carbonyl (C=O) groups is 3. The molecule has 0 aliphatic heterocycles. The first kappa shape index (κ1) is 19.9. The molecule has 22 heavy (non-hydrogen) atoms. The Morgan fingerprint density at radius 3 is 1.32 bits per heavy atom. The van der Waals surface area contributed by atoms with E-state index in [0.717, 1.165) is 0 Å². The molecule has 0 saturated heterocycles. The molecule has 0 bridgehead atoms. The van der Waals surface area contributed by atoms with Crippen LogP contribution >= 0.6 is 0 Å². The molecule has 0 heterocycles. The SMILES string of the molecule is O=C(OOC(=O)c1ccccc1)c1ccccc1.O=C[O-].[Na+]. The monoisotopic (exact) mass is 310 g/mol. The number of hydrogen-bond donors (Lipinski definition) is 0. The molecule has 0 unspecified atom stereocenters. The van der Waals surface area contributed by atoms with Crippen LogP contribution in [-0.4, -0.2) is 18.4 Å². The Hall–Kier alpha value is -2.15. The van der Waals surface area contributed by atoms with Gasteiger partial charge in [-0.15, -0.1) is 0 Å². The van der Waals surface area contributed by atoms with E-state index in [-0.39, 0.29) is 29.6 Å². The maximum Gasteiger partial charge on any atom is 1.00 e. The van der Waals surface area contributed by atoms with Crippen LogP contribution in [0.3, 0.4) is 0 Å². The van der Waals surface area contributed by atoms with Gasteiger partial charge in [0.2, 0.25) is 0 Å². The Morgan fingerprint density at radius 2 is 1.05 bits per heavy atom. The maximum atomic E-state index is 11.5. The van der Waals surface area contributed by atoms with Crippen molar-refractivity contribution in [3.8, 4) is 0 Å². The summed E-state index contributed by atoms with van der Waals surface area (Å²) in [6.07, 6.45) is 0. The van der Waals surface area contributed by atoms with E-state index in [1.54, 1.807) is 60.7 Å². The molecule has 0 amide bonds. The number of benzene rings is 2. The van der Waals surface area contributed by atoms with Crippen LogP contribution in [0.2, 0.25) is 0 Å². The number of rotatable bonds is 2. The minimum atomic E-state index is -0.708. The van der Waals surface area contributed by atoms with E-state index in [9.17, 15) is 9.59 Å². The van der Waals surface area contributed by atoms with Crippen LogP contribution in [0.25, 0.3) is 0 Å². The minimum Gasteiger partial charge on any atom is -0.554 e. The molecule has 2 rings (SSSR count). The second-order valence-corrected chi connectivity index (χ2v) is 3.57. The van der Waals surface area contributed by atoms with Gasteiger partial charge >= 0.3 is 41.5 Å². The van der Waals surface area contributed by atoms with Crippen LogP contribution in [0.1, 0.15) is 20.7 Å². The normalized spacial score (nSPS) is 8.36. The van der Waals surface area contributed by atoms with E-state index in [0.29, 0.717) is 11.1 Å². The summed E-state index contributed by atoms with van der Waals surface area (Å²) in [6, 6.07) is 16.6. The van der Waals surface area contributed by atoms with Crippen LogP contribution < -0.4 is 34.7 Å². The molecule has 0 radical (unpaired) electrons. The van der Waals surface area contributed by atoms with Gasteiger partial charge in [0.25, 0.3) is 0 Å². The third-order valence-corrected chi connectivity index (χ3v) is 2.21. The van der Waals surface area contributed by atoms with Crippen molar-refractivity contribution in [2.45, 2.75) is 0 Å². The Labute approximate surface area is 148 Å². The molecule has 0 atom stereocenters. The quantitative estimate of drug-likeness (QED) is 0.275. The van der Waals surface area contributed by atoms with E-state index >= 15 is 0 Å². The van der Waals surface area contributed by atoms with Gasteiger partial charge in [-0.2, -0.15) is 0 Å². The van der Waals surface area contributed by atoms with Gasteiger partial charge in [-0.3, -0.25) is 0 Å². The molecule has 0 aliphatic rings. The molecular weight excluding hydrogens is 299 g/mol. The Kier molecular flexibility index (Phi) is 10.4.